The Morgan fingerprint density at radius 2 is 1.56 bits per heavy atom. The second kappa shape index (κ2) is 9.25. The fraction of sp³-hybridized carbons (Fsp3) is 0.833. The molecular formula is C18H32N2O7. The van der Waals surface area contributed by atoms with Crippen molar-refractivity contribution >= 4 is 18.2 Å². The maximum atomic E-state index is 12.0. The van der Waals surface area contributed by atoms with Gasteiger partial charge in [-0.25, -0.2) is 14.4 Å². The summed E-state index contributed by atoms with van der Waals surface area (Å²) < 4.78 is 16.0. The third kappa shape index (κ3) is 9.46. The lowest BCUT2D eigenvalue weighted by Crippen LogP contribution is -2.48. The van der Waals surface area contributed by atoms with Crippen LogP contribution >= 0.6 is 0 Å². The number of nitrogens with one attached hydrogen (secondary N) is 1. The standard InChI is InChI=1S/C18H32N2O7/c1-17(2,3)26-15(23)19-13(14(21)22)11-25-12-7-9-20(10-8-12)16(24)27-18(4,5)6/h12-13H,7-11H2,1-6H3,(H,19,23)(H,21,22)/t13-/m0/s1. The van der Waals surface area contributed by atoms with Gasteiger partial charge in [-0.3, -0.25) is 0 Å². The molecule has 27 heavy (non-hydrogen) atoms. The van der Waals surface area contributed by atoms with E-state index in [0.29, 0.717) is 25.9 Å². The zero-order chi connectivity index (χ0) is 20.8. The van der Waals surface area contributed by atoms with Crippen molar-refractivity contribution in [1.82, 2.24) is 10.2 Å². The molecule has 0 aromatic heterocycles. The van der Waals surface area contributed by atoms with Crippen LogP contribution in [0.4, 0.5) is 9.59 Å². The van der Waals surface area contributed by atoms with Gasteiger partial charge in [-0.2, -0.15) is 0 Å². The Labute approximate surface area is 160 Å². The largest absolute Gasteiger partial charge is 0.480 e. The lowest BCUT2D eigenvalue weighted by atomic mass is 10.1. The van der Waals surface area contributed by atoms with E-state index in [0.717, 1.165) is 0 Å². The van der Waals surface area contributed by atoms with Crippen molar-refractivity contribution in [1.29, 1.82) is 0 Å². The van der Waals surface area contributed by atoms with E-state index >= 15 is 0 Å². The summed E-state index contributed by atoms with van der Waals surface area (Å²) in [6.07, 6.45) is -0.226. The van der Waals surface area contributed by atoms with E-state index in [9.17, 15) is 19.5 Å². The fourth-order valence-electron chi connectivity index (χ4n) is 2.39. The molecule has 1 heterocycles. The van der Waals surface area contributed by atoms with Crippen molar-refractivity contribution in [2.45, 2.75) is 77.7 Å². The summed E-state index contributed by atoms with van der Waals surface area (Å²) in [5, 5.41) is 11.5. The Balaban J connectivity index is 2.43. The van der Waals surface area contributed by atoms with Gasteiger partial charge in [-0.15, -0.1) is 0 Å². The van der Waals surface area contributed by atoms with Crippen molar-refractivity contribution in [3.05, 3.63) is 0 Å². The molecule has 2 N–H and O–H groups in total. The molecule has 9 nitrogen and oxygen atoms in total. The molecule has 1 aliphatic rings. The molecular weight excluding hydrogens is 356 g/mol. The Morgan fingerprint density at radius 1 is 1.04 bits per heavy atom. The van der Waals surface area contributed by atoms with Crippen molar-refractivity contribution < 1.29 is 33.7 Å². The molecule has 0 spiro atoms. The topological polar surface area (TPSA) is 114 Å². The van der Waals surface area contributed by atoms with Crippen molar-refractivity contribution in [3.8, 4) is 0 Å². The molecule has 1 atom stereocenters. The Hall–Kier alpha value is -2.03. The van der Waals surface area contributed by atoms with Crippen molar-refractivity contribution in [3.63, 3.8) is 0 Å². The second-order valence-electron chi connectivity index (χ2n) is 8.54. The molecule has 1 rings (SSSR count). The molecule has 1 saturated heterocycles. The van der Waals surface area contributed by atoms with Gasteiger partial charge in [0.25, 0.3) is 0 Å². The maximum absolute atomic E-state index is 12.0. The highest BCUT2D eigenvalue weighted by molar-refractivity contribution is 5.80. The second-order valence-corrected chi connectivity index (χ2v) is 8.54. The smallest absolute Gasteiger partial charge is 0.410 e. The average Bonchev–Trinajstić information content (AvgIpc) is 2.48. The number of carbonyl (C=O) groups is 3. The van der Waals surface area contributed by atoms with Gasteiger partial charge in [-0.1, -0.05) is 0 Å². The number of piperidine rings is 1. The van der Waals surface area contributed by atoms with E-state index in [1.807, 2.05) is 20.8 Å². The molecule has 1 aliphatic heterocycles. The number of alkyl carbamates (subject to hydrolysis) is 1. The van der Waals surface area contributed by atoms with Crippen LogP contribution in [0.15, 0.2) is 0 Å². The monoisotopic (exact) mass is 388 g/mol. The SMILES string of the molecule is CC(C)(C)OC(=O)N[C@@H](COC1CCN(C(=O)OC(C)(C)C)CC1)C(=O)O. The number of nitrogens with zero attached hydrogens (tertiary/aromatic N) is 1. The molecule has 0 saturated carbocycles. The number of ether oxygens (including phenoxy) is 3. The van der Waals surface area contributed by atoms with E-state index in [1.54, 1.807) is 25.7 Å². The predicted molar refractivity (Wildman–Crippen MR) is 97.6 cm³/mol. The van der Waals surface area contributed by atoms with Crippen LogP contribution in [0.3, 0.4) is 0 Å². The number of carbonyl (C=O) groups excluding carboxylic acids is 2. The third-order valence-corrected chi connectivity index (χ3v) is 3.58. The number of hydrogen-bond acceptors (Lipinski definition) is 6. The molecule has 1 fully saturated rings. The van der Waals surface area contributed by atoms with Crippen LogP contribution in [0.5, 0.6) is 0 Å². The molecule has 9 heteroatoms. The van der Waals surface area contributed by atoms with E-state index < -0.39 is 29.3 Å². The van der Waals surface area contributed by atoms with Gasteiger partial charge < -0.3 is 29.5 Å². The molecule has 2 amide bonds. The summed E-state index contributed by atoms with van der Waals surface area (Å²) in [5.41, 5.74) is -1.27. The number of hydrogen-bond donors (Lipinski definition) is 2. The Morgan fingerprint density at radius 3 is 2.00 bits per heavy atom. The zero-order valence-electron chi connectivity index (χ0n) is 17.0. The summed E-state index contributed by atoms with van der Waals surface area (Å²) in [5.74, 6) is -1.20. The van der Waals surface area contributed by atoms with E-state index in [2.05, 4.69) is 5.32 Å². The summed E-state index contributed by atoms with van der Waals surface area (Å²) >= 11 is 0. The first-order chi connectivity index (χ1) is 12.3. The average molecular weight is 388 g/mol. The molecule has 0 aromatic carbocycles. The van der Waals surface area contributed by atoms with E-state index in [-0.39, 0.29) is 18.8 Å². The fourth-order valence-corrected chi connectivity index (χ4v) is 2.39. The predicted octanol–water partition coefficient (Wildman–Crippen LogP) is 2.38. The molecule has 156 valence electrons. The minimum absolute atomic E-state index is 0.175. The van der Waals surface area contributed by atoms with Gasteiger partial charge in [0.15, 0.2) is 6.04 Å². The lowest BCUT2D eigenvalue weighted by molar-refractivity contribution is -0.142. The van der Waals surface area contributed by atoms with Crippen LogP contribution in [0.25, 0.3) is 0 Å². The van der Waals surface area contributed by atoms with Crippen LogP contribution in [0.2, 0.25) is 0 Å². The number of aliphatic carboxylic acids is 1. The van der Waals surface area contributed by atoms with Crippen molar-refractivity contribution in [2.24, 2.45) is 0 Å². The van der Waals surface area contributed by atoms with Gasteiger partial charge in [0, 0.05) is 13.1 Å². The Bertz CT molecular complexity index is 529. The third-order valence-electron chi connectivity index (χ3n) is 3.58. The highest BCUT2D eigenvalue weighted by atomic mass is 16.6. The molecule has 0 unspecified atom stereocenters. The van der Waals surface area contributed by atoms with Gasteiger partial charge >= 0.3 is 18.2 Å². The maximum Gasteiger partial charge on any atom is 0.410 e. The molecule has 0 aromatic rings. The van der Waals surface area contributed by atoms with Gasteiger partial charge in [0.2, 0.25) is 0 Å². The number of amides is 2. The van der Waals surface area contributed by atoms with Crippen molar-refractivity contribution in [2.75, 3.05) is 19.7 Å². The van der Waals surface area contributed by atoms with Crippen LogP contribution in [0.1, 0.15) is 54.4 Å². The molecule has 0 bridgehead atoms. The lowest BCUT2D eigenvalue weighted by Gasteiger charge is -2.33. The van der Waals surface area contributed by atoms with Crippen LogP contribution in [0, 0.1) is 0 Å². The van der Waals surface area contributed by atoms with Crippen LogP contribution < -0.4 is 5.32 Å². The van der Waals surface area contributed by atoms with E-state index in [4.69, 9.17) is 14.2 Å². The quantitative estimate of drug-likeness (QED) is 0.743. The summed E-state index contributed by atoms with van der Waals surface area (Å²) in [6.45, 7) is 11.3. The van der Waals surface area contributed by atoms with Crippen LogP contribution in [-0.2, 0) is 19.0 Å². The van der Waals surface area contributed by atoms with Crippen LogP contribution in [-0.4, -0.2) is 71.2 Å². The first kappa shape index (κ1) is 23.0. The first-order valence-electron chi connectivity index (χ1n) is 9.09. The zero-order valence-corrected chi connectivity index (χ0v) is 17.0. The normalized spacial score (nSPS) is 17.2. The number of rotatable bonds is 5. The first-order valence-corrected chi connectivity index (χ1v) is 9.09. The number of likely N-dealkylation sites (tertiary alicyclic amines) is 1. The summed E-state index contributed by atoms with van der Waals surface area (Å²) in [4.78, 5) is 36.7. The number of carboxylic acids is 1. The molecule has 0 aliphatic carbocycles. The van der Waals surface area contributed by atoms with Gasteiger partial charge in [-0.05, 0) is 54.4 Å². The minimum Gasteiger partial charge on any atom is -0.480 e. The molecule has 0 radical (unpaired) electrons. The van der Waals surface area contributed by atoms with E-state index in [1.165, 1.54) is 0 Å². The van der Waals surface area contributed by atoms with Gasteiger partial charge in [0.05, 0.1) is 12.7 Å². The number of carboxylic acid groups (broad SMARTS) is 1. The summed E-state index contributed by atoms with van der Waals surface area (Å²) in [7, 11) is 0. The Kier molecular flexibility index (Phi) is 7.89. The highest BCUT2D eigenvalue weighted by Gasteiger charge is 2.29. The summed E-state index contributed by atoms with van der Waals surface area (Å²) in [6, 6.07) is -1.20. The highest BCUT2D eigenvalue weighted by Crippen LogP contribution is 2.17. The minimum atomic E-state index is -1.20. The van der Waals surface area contributed by atoms with Gasteiger partial charge in [0.1, 0.15) is 11.2 Å².